The Labute approximate surface area is 132 Å². The lowest BCUT2D eigenvalue weighted by atomic mass is 10.1. The van der Waals surface area contributed by atoms with E-state index in [0.717, 1.165) is 25.0 Å². The Kier molecular flexibility index (Phi) is 6.12. The van der Waals surface area contributed by atoms with Crippen LogP contribution >= 0.6 is 11.8 Å². The van der Waals surface area contributed by atoms with E-state index in [-0.39, 0.29) is 18.1 Å². The Morgan fingerprint density at radius 2 is 2.00 bits per heavy atom. The molecule has 1 aliphatic heterocycles. The highest BCUT2D eigenvalue weighted by Gasteiger charge is 2.41. The molecule has 1 aromatic rings. The smallest absolute Gasteiger partial charge is 0.241 e. The molecule has 0 saturated carbocycles. The second-order valence-corrected chi connectivity index (χ2v) is 6.49. The average Bonchev–Trinajstić information content (AvgIpc) is 2.83. The number of amides is 1. The summed E-state index contributed by atoms with van der Waals surface area (Å²) in [6, 6.07) is 10.6. The van der Waals surface area contributed by atoms with Gasteiger partial charge in [-0.25, -0.2) is 0 Å². The number of hydrogen-bond donors (Lipinski definition) is 1. The molecule has 3 unspecified atom stereocenters. The predicted molar refractivity (Wildman–Crippen MR) is 90.3 cm³/mol. The van der Waals surface area contributed by atoms with Gasteiger partial charge in [-0.1, -0.05) is 50.6 Å². The summed E-state index contributed by atoms with van der Waals surface area (Å²) in [6.07, 6.45) is 5.06. The number of nitrogens with one attached hydrogen (secondary N) is 1. The molecule has 0 radical (unpaired) electrons. The second-order valence-electron chi connectivity index (χ2n) is 5.58. The number of nitrogens with zero attached hydrogens (tertiary/aromatic N) is 1. The summed E-state index contributed by atoms with van der Waals surface area (Å²) in [7, 11) is 0. The molecule has 0 bridgehead atoms. The Balaban J connectivity index is 2.28. The van der Waals surface area contributed by atoms with Gasteiger partial charge in [0, 0.05) is 11.8 Å². The van der Waals surface area contributed by atoms with Crippen molar-refractivity contribution in [2.24, 2.45) is 0 Å². The van der Waals surface area contributed by atoms with Crippen LogP contribution in [0.4, 0.5) is 0 Å². The normalized spacial score (nSPS) is 23.6. The summed E-state index contributed by atoms with van der Waals surface area (Å²) in [5.74, 6) is 1.26. The molecule has 0 spiro atoms. The minimum atomic E-state index is -0.0314. The van der Waals surface area contributed by atoms with Crippen molar-refractivity contribution in [1.82, 2.24) is 10.2 Å². The second kappa shape index (κ2) is 7.85. The maximum atomic E-state index is 12.8. The third kappa shape index (κ3) is 3.61. The average molecular weight is 306 g/mol. The first kappa shape index (κ1) is 16.4. The Bertz CT molecular complexity index is 451. The fraction of sp³-hybridized carbons (Fsp3) is 0.588. The summed E-state index contributed by atoms with van der Waals surface area (Å²) in [4.78, 5) is 14.9. The lowest BCUT2D eigenvalue weighted by Gasteiger charge is -2.32. The molecule has 1 fully saturated rings. The largest absolute Gasteiger partial charge is 0.318 e. The monoisotopic (exact) mass is 306 g/mol. The van der Waals surface area contributed by atoms with Gasteiger partial charge in [0.2, 0.25) is 5.91 Å². The topological polar surface area (TPSA) is 32.3 Å². The van der Waals surface area contributed by atoms with Gasteiger partial charge < -0.3 is 4.90 Å². The van der Waals surface area contributed by atoms with Gasteiger partial charge in [-0.05, 0) is 24.7 Å². The van der Waals surface area contributed by atoms with Gasteiger partial charge in [0.25, 0.3) is 0 Å². The van der Waals surface area contributed by atoms with Crippen LogP contribution in [-0.4, -0.2) is 34.9 Å². The van der Waals surface area contributed by atoms with Gasteiger partial charge in [0.1, 0.15) is 6.17 Å². The maximum Gasteiger partial charge on any atom is 0.241 e. The van der Waals surface area contributed by atoms with Crippen LogP contribution in [0, 0.1) is 0 Å². The van der Waals surface area contributed by atoms with E-state index in [4.69, 9.17) is 0 Å². The third-order valence-electron chi connectivity index (χ3n) is 4.11. The molecule has 0 aromatic heterocycles. The van der Waals surface area contributed by atoms with Crippen molar-refractivity contribution in [1.29, 1.82) is 0 Å². The van der Waals surface area contributed by atoms with Gasteiger partial charge in [0.15, 0.2) is 0 Å². The fourth-order valence-corrected chi connectivity index (χ4v) is 3.80. The van der Waals surface area contributed by atoms with Gasteiger partial charge >= 0.3 is 0 Å². The summed E-state index contributed by atoms with van der Waals surface area (Å²) < 4.78 is 0. The quantitative estimate of drug-likeness (QED) is 0.837. The molecule has 3 nitrogen and oxygen atoms in total. The summed E-state index contributed by atoms with van der Waals surface area (Å²) in [5, 5.41) is 3.55. The van der Waals surface area contributed by atoms with Crippen molar-refractivity contribution in [2.75, 3.05) is 12.0 Å². The van der Waals surface area contributed by atoms with Crippen molar-refractivity contribution in [3.05, 3.63) is 35.9 Å². The first-order valence-electron chi connectivity index (χ1n) is 7.85. The predicted octanol–water partition coefficient (Wildman–Crippen LogP) is 3.43. The molecule has 21 heavy (non-hydrogen) atoms. The van der Waals surface area contributed by atoms with E-state index in [1.807, 2.05) is 30.0 Å². The Morgan fingerprint density at radius 3 is 2.57 bits per heavy atom. The number of carbonyl (C=O) groups excluding carboxylic acids is 1. The lowest BCUT2D eigenvalue weighted by Crippen LogP contribution is -2.41. The molecule has 3 atom stereocenters. The van der Waals surface area contributed by atoms with Crippen LogP contribution < -0.4 is 5.32 Å². The zero-order valence-corrected chi connectivity index (χ0v) is 14.0. The van der Waals surface area contributed by atoms with Crippen molar-refractivity contribution < 1.29 is 4.79 Å². The molecule has 1 N–H and O–H groups in total. The third-order valence-corrected chi connectivity index (χ3v) is 4.82. The number of thioether (sulfide) groups is 1. The fourth-order valence-electron chi connectivity index (χ4n) is 3.01. The first-order valence-corrected chi connectivity index (χ1v) is 9.24. The summed E-state index contributed by atoms with van der Waals surface area (Å²) in [5.41, 5.74) is 1.18. The van der Waals surface area contributed by atoms with Crippen LogP contribution in [0.2, 0.25) is 0 Å². The van der Waals surface area contributed by atoms with E-state index in [1.54, 1.807) is 0 Å². The molecule has 1 aromatic carbocycles. The van der Waals surface area contributed by atoms with E-state index in [1.165, 1.54) is 5.56 Å². The zero-order valence-electron chi connectivity index (χ0n) is 13.2. The molecule has 4 heteroatoms. The van der Waals surface area contributed by atoms with Crippen LogP contribution in [0.15, 0.2) is 30.3 Å². The van der Waals surface area contributed by atoms with Crippen LogP contribution in [0.25, 0.3) is 0 Å². The van der Waals surface area contributed by atoms with Crippen LogP contribution in [0.3, 0.4) is 0 Å². The van der Waals surface area contributed by atoms with Crippen LogP contribution in [0.5, 0.6) is 0 Å². The SMILES string of the molecule is CCCC1NC(c2ccccc2)N(C(CC)CSC)C1=O. The van der Waals surface area contributed by atoms with E-state index in [2.05, 4.69) is 42.5 Å². The molecule has 0 aliphatic carbocycles. The first-order chi connectivity index (χ1) is 10.2. The number of carbonyl (C=O) groups is 1. The van der Waals surface area contributed by atoms with E-state index < -0.39 is 0 Å². The van der Waals surface area contributed by atoms with Gasteiger partial charge in [-0.2, -0.15) is 11.8 Å². The minimum absolute atomic E-state index is 0.0207. The molecular formula is C17H26N2OS. The highest BCUT2D eigenvalue weighted by molar-refractivity contribution is 7.98. The highest BCUT2D eigenvalue weighted by Crippen LogP contribution is 2.30. The molecule has 1 amide bonds. The molecule has 116 valence electrons. The number of benzene rings is 1. The Morgan fingerprint density at radius 1 is 1.29 bits per heavy atom. The molecule has 1 heterocycles. The standard InChI is InChI=1S/C17H26N2OS/c1-4-9-15-17(20)19(14(5-2)12-21-3)16(18-15)13-10-7-6-8-11-13/h6-8,10-11,14-16,18H,4-5,9,12H2,1-3H3. The number of hydrogen-bond acceptors (Lipinski definition) is 3. The van der Waals surface area contributed by atoms with Crippen molar-refractivity contribution in [3.63, 3.8) is 0 Å². The highest BCUT2D eigenvalue weighted by atomic mass is 32.2. The minimum Gasteiger partial charge on any atom is -0.318 e. The number of rotatable bonds is 7. The molecular weight excluding hydrogens is 280 g/mol. The van der Waals surface area contributed by atoms with E-state index in [0.29, 0.717) is 6.04 Å². The van der Waals surface area contributed by atoms with Crippen molar-refractivity contribution >= 4 is 17.7 Å². The Hall–Kier alpha value is -1.00. The zero-order chi connectivity index (χ0) is 15.2. The molecule has 1 saturated heterocycles. The van der Waals surface area contributed by atoms with E-state index >= 15 is 0 Å². The van der Waals surface area contributed by atoms with Crippen LogP contribution in [-0.2, 0) is 4.79 Å². The lowest BCUT2D eigenvalue weighted by molar-refractivity contribution is -0.132. The van der Waals surface area contributed by atoms with Gasteiger partial charge in [-0.3, -0.25) is 10.1 Å². The summed E-state index contributed by atoms with van der Waals surface area (Å²) in [6.45, 7) is 4.30. The van der Waals surface area contributed by atoms with E-state index in [9.17, 15) is 4.79 Å². The van der Waals surface area contributed by atoms with Gasteiger partial charge in [-0.15, -0.1) is 0 Å². The van der Waals surface area contributed by atoms with Crippen molar-refractivity contribution in [3.8, 4) is 0 Å². The maximum absolute atomic E-state index is 12.8. The molecule has 1 aliphatic rings. The van der Waals surface area contributed by atoms with Crippen LogP contribution in [0.1, 0.15) is 44.8 Å². The molecule has 2 rings (SSSR count). The van der Waals surface area contributed by atoms with Gasteiger partial charge in [0.05, 0.1) is 6.04 Å². The summed E-state index contributed by atoms with van der Waals surface area (Å²) >= 11 is 1.81. The van der Waals surface area contributed by atoms with Crippen molar-refractivity contribution in [2.45, 2.75) is 51.4 Å².